The lowest BCUT2D eigenvalue weighted by atomic mass is 9.82. The first-order chi connectivity index (χ1) is 12.7. The summed E-state index contributed by atoms with van der Waals surface area (Å²) in [5.74, 6) is 0.334. The van der Waals surface area contributed by atoms with Gasteiger partial charge in [-0.15, -0.1) is 0 Å². The summed E-state index contributed by atoms with van der Waals surface area (Å²) in [4.78, 5) is 10.9. The number of para-hydroxylation sites is 1. The maximum absolute atomic E-state index is 10.9. The minimum atomic E-state index is 0.106. The van der Waals surface area contributed by atoms with Gasteiger partial charge in [0.2, 0.25) is 0 Å². The van der Waals surface area contributed by atoms with E-state index in [1.807, 2.05) is 14.0 Å². The summed E-state index contributed by atoms with van der Waals surface area (Å²) in [5, 5.41) is 6.84. The fourth-order valence-electron chi connectivity index (χ4n) is 3.70. The Morgan fingerprint density at radius 1 is 1.23 bits per heavy atom. The summed E-state index contributed by atoms with van der Waals surface area (Å²) in [6.45, 7) is 2.05. The van der Waals surface area contributed by atoms with Crippen LogP contribution in [-0.2, 0) is 4.79 Å². The number of allylic oxidation sites excluding steroid dienone is 8. The topological polar surface area (TPSA) is 41.1 Å². The van der Waals surface area contributed by atoms with Gasteiger partial charge in [-0.1, -0.05) is 48.6 Å². The third kappa shape index (κ3) is 4.16. The van der Waals surface area contributed by atoms with Crippen LogP contribution in [0.4, 0.5) is 11.4 Å². The minimum Gasteiger partial charge on any atom is -0.386 e. The lowest BCUT2D eigenvalue weighted by molar-refractivity contribution is -0.107. The summed E-state index contributed by atoms with van der Waals surface area (Å²) < 4.78 is 0. The van der Waals surface area contributed by atoms with E-state index in [1.54, 1.807) is 0 Å². The predicted molar refractivity (Wildman–Crippen MR) is 111 cm³/mol. The Morgan fingerprint density at radius 3 is 2.81 bits per heavy atom. The second-order valence-corrected chi connectivity index (χ2v) is 7.01. The molecule has 26 heavy (non-hydrogen) atoms. The van der Waals surface area contributed by atoms with Crippen molar-refractivity contribution in [3.63, 3.8) is 0 Å². The quantitative estimate of drug-likeness (QED) is 0.651. The Morgan fingerprint density at radius 2 is 2.08 bits per heavy atom. The molecule has 0 saturated carbocycles. The fraction of sp³-hybridized carbons (Fsp3) is 0.348. The second kappa shape index (κ2) is 8.70. The predicted octanol–water partition coefficient (Wildman–Crippen LogP) is 5.36. The Balaban J connectivity index is 1.88. The van der Waals surface area contributed by atoms with Gasteiger partial charge in [0.1, 0.15) is 6.29 Å². The van der Waals surface area contributed by atoms with E-state index in [0.717, 1.165) is 36.9 Å². The van der Waals surface area contributed by atoms with Crippen LogP contribution in [0.15, 0.2) is 65.8 Å². The van der Waals surface area contributed by atoms with Crippen molar-refractivity contribution in [2.75, 3.05) is 17.7 Å². The van der Waals surface area contributed by atoms with Crippen LogP contribution in [-0.4, -0.2) is 19.4 Å². The molecule has 1 unspecified atom stereocenters. The molecule has 2 aliphatic carbocycles. The molecule has 2 aliphatic rings. The van der Waals surface area contributed by atoms with Gasteiger partial charge in [0.15, 0.2) is 0 Å². The largest absolute Gasteiger partial charge is 0.386 e. The molecule has 2 N–H and O–H groups in total. The molecule has 3 nitrogen and oxygen atoms in total. The SMILES string of the molecule is CNc1cccc(C2C=CC=C(C3=CC=CCC3)C2)c1N[C@H](C)CC=O. The lowest BCUT2D eigenvalue weighted by Gasteiger charge is -2.26. The molecule has 0 amide bonds. The lowest BCUT2D eigenvalue weighted by Crippen LogP contribution is -2.19. The molecular formula is C23H28N2O. The highest BCUT2D eigenvalue weighted by atomic mass is 16.1. The molecule has 2 atom stereocenters. The first kappa shape index (κ1) is 18.2. The van der Waals surface area contributed by atoms with Crippen LogP contribution < -0.4 is 10.6 Å². The van der Waals surface area contributed by atoms with Gasteiger partial charge >= 0.3 is 0 Å². The van der Waals surface area contributed by atoms with Gasteiger partial charge in [0, 0.05) is 25.4 Å². The van der Waals surface area contributed by atoms with E-state index in [1.165, 1.54) is 16.7 Å². The maximum atomic E-state index is 10.9. The van der Waals surface area contributed by atoms with Gasteiger partial charge in [-0.2, -0.15) is 0 Å². The van der Waals surface area contributed by atoms with Crippen LogP contribution in [0, 0.1) is 0 Å². The van der Waals surface area contributed by atoms with Crippen LogP contribution in [0.25, 0.3) is 0 Å². The van der Waals surface area contributed by atoms with Gasteiger partial charge in [0.25, 0.3) is 0 Å². The molecule has 0 bridgehead atoms. The van der Waals surface area contributed by atoms with Crippen molar-refractivity contribution in [2.45, 2.75) is 44.6 Å². The molecule has 1 aromatic rings. The third-order valence-corrected chi connectivity index (χ3v) is 5.11. The molecule has 0 spiro atoms. The molecule has 0 fully saturated rings. The Bertz CT molecular complexity index is 770. The number of anilines is 2. The third-order valence-electron chi connectivity index (χ3n) is 5.11. The number of rotatable bonds is 7. The van der Waals surface area contributed by atoms with Crippen LogP contribution in [0.2, 0.25) is 0 Å². The van der Waals surface area contributed by atoms with Gasteiger partial charge in [-0.3, -0.25) is 0 Å². The fourth-order valence-corrected chi connectivity index (χ4v) is 3.70. The number of aldehydes is 1. The number of benzene rings is 1. The highest BCUT2D eigenvalue weighted by Crippen LogP contribution is 2.39. The van der Waals surface area contributed by atoms with Crippen LogP contribution in [0.3, 0.4) is 0 Å². The molecule has 136 valence electrons. The number of hydrogen-bond acceptors (Lipinski definition) is 3. The van der Waals surface area contributed by atoms with Gasteiger partial charge in [-0.05, 0) is 49.0 Å². The average Bonchev–Trinajstić information content (AvgIpc) is 2.69. The van der Waals surface area contributed by atoms with E-state index < -0.39 is 0 Å². The Labute approximate surface area is 156 Å². The zero-order valence-electron chi connectivity index (χ0n) is 15.7. The van der Waals surface area contributed by atoms with E-state index in [-0.39, 0.29) is 6.04 Å². The molecular weight excluding hydrogens is 320 g/mol. The summed E-state index contributed by atoms with van der Waals surface area (Å²) in [7, 11) is 1.94. The Hall–Kier alpha value is -2.55. The zero-order valence-corrected chi connectivity index (χ0v) is 15.7. The smallest absolute Gasteiger partial charge is 0.122 e. The van der Waals surface area contributed by atoms with Crippen LogP contribution >= 0.6 is 0 Å². The molecule has 0 saturated heterocycles. The van der Waals surface area contributed by atoms with Crippen molar-refractivity contribution < 1.29 is 4.79 Å². The maximum Gasteiger partial charge on any atom is 0.122 e. The monoisotopic (exact) mass is 348 g/mol. The van der Waals surface area contributed by atoms with E-state index in [9.17, 15) is 4.79 Å². The molecule has 3 heteroatoms. The standard InChI is InChI=1S/C23H28N2O/c1-17(14-15-26)25-23-21(12-7-13-22(23)24-2)20-11-6-10-19(16-20)18-8-4-3-5-9-18/h3-4,6-8,10-13,15,17,20,24-25H,5,9,14,16H2,1-2H3/t17-,20?/m1/s1. The Kier molecular flexibility index (Phi) is 6.11. The van der Waals surface area contributed by atoms with E-state index >= 15 is 0 Å². The summed E-state index contributed by atoms with van der Waals surface area (Å²) in [6, 6.07) is 6.49. The van der Waals surface area contributed by atoms with Crippen molar-refractivity contribution in [3.05, 3.63) is 71.4 Å². The highest BCUT2D eigenvalue weighted by molar-refractivity contribution is 5.74. The van der Waals surface area contributed by atoms with Crippen LogP contribution in [0.5, 0.6) is 0 Å². The van der Waals surface area contributed by atoms with Crippen molar-refractivity contribution in [2.24, 2.45) is 0 Å². The summed E-state index contributed by atoms with van der Waals surface area (Å²) in [5.41, 5.74) is 6.35. The number of carbonyl (C=O) groups is 1. The molecule has 3 rings (SSSR count). The molecule has 0 heterocycles. The van der Waals surface area contributed by atoms with Crippen molar-refractivity contribution >= 4 is 17.7 Å². The molecule has 1 aromatic carbocycles. The zero-order chi connectivity index (χ0) is 18.4. The van der Waals surface area contributed by atoms with Crippen molar-refractivity contribution in [3.8, 4) is 0 Å². The first-order valence-electron chi connectivity index (χ1n) is 9.47. The summed E-state index contributed by atoms with van der Waals surface area (Å²) >= 11 is 0. The molecule has 0 aliphatic heterocycles. The minimum absolute atomic E-state index is 0.106. The van der Waals surface area contributed by atoms with Gasteiger partial charge in [0.05, 0.1) is 11.4 Å². The van der Waals surface area contributed by atoms with Crippen LogP contribution in [0.1, 0.15) is 44.1 Å². The van der Waals surface area contributed by atoms with Crippen molar-refractivity contribution in [1.29, 1.82) is 0 Å². The van der Waals surface area contributed by atoms with E-state index in [0.29, 0.717) is 12.3 Å². The summed E-state index contributed by atoms with van der Waals surface area (Å²) in [6.07, 6.45) is 18.1. The van der Waals surface area contributed by atoms with Gasteiger partial charge < -0.3 is 15.4 Å². The van der Waals surface area contributed by atoms with E-state index in [2.05, 4.69) is 65.3 Å². The number of nitrogens with one attached hydrogen (secondary N) is 2. The normalized spacial score (nSPS) is 20.2. The highest BCUT2D eigenvalue weighted by Gasteiger charge is 2.21. The van der Waals surface area contributed by atoms with Crippen molar-refractivity contribution in [1.82, 2.24) is 0 Å². The average molecular weight is 348 g/mol. The number of hydrogen-bond donors (Lipinski definition) is 2. The second-order valence-electron chi connectivity index (χ2n) is 7.01. The van der Waals surface area contributed by atoms with E-state index in [4.69, 9.17) is 0 Å². The molecule has 0 radical (unpaired) electrons. The molecule has 0 aromatic heterocycles. The first-order valence-corrected chi connectivity index (χ1v) is 9.47. The number of carbonyl (C=O) groups excluding carboxylic acids is 1. The van der Waals surface area contributed by atoms with Gasteiger partial charge in [-0.25, -0.2) is 0 Å².